The minimum absolute atomic E-state index is 0.0967. The number of rotatable bonds is 10. The Morgan fingerprint density at radius 2 is 2.03 bits per heavy atom. The second-order valence-corrected chi connectivity index (χ2v) is 9.75. The Balaban J connectivity index is 1.34. The zero-order valence-electron chi connectivity index (χ0n) is 22.2. The van der Waals surface area contributed by atoms with Gasteiger partial charge in [0, 0.05) is 69.7 Å². The molecule has 0 atom stereocenters. The number of nitrogens with one attached hydrogen (secondary N) is 2. The first-order chi connectivity index (χ1) is 18.4. The largest absolute Gasteiger partial charge is 0.508 e. The molecule has 0 aliphatic carbocycles. The molecule has 2 aliphatic rings. The van der Waals surface area contributed by atoms with Crippen LogP contribution in [0.5, 0.6) is 5.75 Å². The summed E-state index contributed by atoms with van der Waals surface area (Å²) in [5.41, 5.74) is 4.55. The van der Waals surface area contributed by atoms with E-state index in [0.717, 1.165) is 67.1 Å². The van der Waals surface area contributed by atoms with Crippen molar-refractivity contribution in [1.82, 2.24) is 25.1 Å². The molecule has 1 aromatic heterocycles. The number of nitrogens with zero attached hydrogens (tertiary/aromatic N) is 5. The maximum absolute atomic E-state index is 13.2. The predicted molar refractivity (Wildman–Crippen MR) is 148 cm³/mol. The fourth-order valence-corrected chi connectivity index (χ4v) is 5.24. The smallest absolute Gasteiger partial charge is 0.272 e. The van der Waals surface area contributed by atoms with Crippen LogP contribution in [-0.2, 0) is 11.2 Å². The summed E-state index contributed by atoms with van der Waals surface area (Å²) < 4.78 is 0. The van der Waals surface area contributed by atoms with Gasteiger partial charge in [0.15, 0.2) is 0 Å². The van der Waals surface area contributed by atoms with E-state index in [-0.39, 0.29) is 17.7 Å². The van der Waals surface area contributed by atoms with Gasteiger partial charge < -0.3 is 30.4 Å². The van der Waals surface area contributed by atoms with E-state index in [1.165, 1.54) is 6.33 Å². The Labute approximate surface area is 224 Å². The summed E-state index contributed by atoms with van der Waals surface area (Å²) in [6.45, 7) is 8.95. The molecule has 2 amide bonds. The number of phenols is 1. The van der Waals surface area contributed by atoms with Crippen LogP contribution < -0.4 is 15.5 Å². The topological polar surface area (TPSA) is 114 Å². The molecule has 0 radical (unpaired) electrons. The zero-order chi connectivity index (χ0) is 27.1. The number of anilines is 2. The lowest BCUT2D eigenvalue weighted by Gasteiger charge is -2.37. The van der Waals surface area contributed by atoms with Gasteiger partial charge in [0.2, 0.25) is 6.41 Å². The Morgan fingerprint density at radius 3 is 2.71 bits per heavy atom. The first-order valence-corrected chi connectivity index (χ1v) is 13.1. The van der Waals surface area contributed by atoms with E-state index in [2.05, 4.69) is 32.1 Å². The minimum Gasteiger partial charge on any atom is -0.508 e. The molecule has 0 spiro atoms. The molecule has 0 bridgehead atoms. The summed E-state index contributed by atoms with van der Waals surface area (Å²) in [5.74, 6) is 0.853. The van der Waals surface area contributed by atoms with Crippen molar-refractivity contribution < 1.29 is 14.7 Å². The number of piperidine rings is 1. The SMILES string of the molecule is C=CNC1=C(C)CN(C(=O)c2cc(N3CCC(N(C=O)CCc4cc(O)ccc4NC)CC3)ncn2)CC1. The quantitative estimate of drug-likeness (QED) is 0.324. The Kier molecular flexibility index (Phi) is 8.83. The number of hydrogen-bond donors (Lipinski definition) is 3. The van der Waals surface area contributed by atoms with Gasteiger partial charge in [0.25, 0.3) is 5.91 Å². The predicted octanol–water partition coefficient (Wildman–Crippen LogP) is 2.75. The molecule has 1 fully saturated rings. The van der Waals surface area contributed by atoms with Gasteiger partial charge in [-0.1, -0.05) is 6.58 Å². The Morgan fingerprint density at radius 1 is 1.24 bits per heavy atom. The van der Waals surface area contributed by atoms with Crippen molar-refractivity contribution >= 4 is 23.8 Å². The van der Waals surface area contributed by atoms with Gasteiger partial charge in [-0.05, 0) is 61.7 Å². The van der Waals surface area contributed by atoms with Crippen molar-refractivity contribution in [3.8, 4) is 5.75 Å². The van der Waals surface area contributed by atoms with Crippen LogP contribution in [0.4, 0.5) is 11.5 Å². The molecule has 0 unspecified atom stereocenters. The number of hydrogen-bond acceptors (Lipinski definition) is 8. The highest BCUT2D eigenvalue weighted by atomic mass is 16.3. The van der Waals surface area contributed by atoms with E-state index in [1.54, 1.807) is 24.4 Å². The maximum atomic E-state index is 13.2. The van der Waals surface area contributed by atoms with Crippen molar-refractivity contribution in [3.63, 3.8) is 0 Å². The molecule has 3 heterocycles. The molecule has 0 saturated carbocycles. The fourth-order valence-electron chi connectivity index (χ4n) is 5.24. The lowest BCUT2D eigenvalue weighted by atomic mass is 10.0. The van der Waals surface area contributed by atoms with E-state index in [4.69, 9.17) is 0 Å². The number of amides is 2. The van der Waals surface area contributed by atoms with Crippen LogP contribution in [0.1, 0.15) is 42.2 Å². The molecule has 2 aromatic rings. The minimum atomic E-state index is -0.0967. The molecule has 2 aliphatic heterocycles. The summed E-state index contributed by atoms with van der Waals surface area (Å²) in [6, 6.07) is 7.14. The third-order valence-corrected chi connectivity index (χ3v) is 7.40. The molecule has 1 aromatic carbocycles. The molecule has 10 heteroatoms. The summed E-state index contributed by atoms with van der Waals surface area (Å²) in [5, 5.41) is 16.2. The molecular weight excluding hydrogens is 482 g/mol. The molecular formula is C28H37N7O3. The van der Waals surface area contributed by atoms with E-state index in [0.29, 0.717) is 31.7 Å². The number of aromatic nitrogens is 2. The van der Waals surface area contributed by atoms with Crippen LogP contribution in [0.15, 0.2) is 54.6 Å². The highest BCUT2D eigenvalue weighted by Crippen LogP contribution is 2.25. The van der Waals surface area contributed by atoms with Crippen molar-refractivity contribution in [2.45, 2.75) is 38.6 Å². The second kappa shape index (κ2) is 12.4. The van der Waals surface area contributed by atoms with Crippen LogP contribution in [0.25, 0.3) is 0 Å². The summed E-state index contributed by atoms with van der Waals surface area (Å²) in [4.78, 5) is 39.6. The van der Waals surface area contributed by atoms with Gasteiger partial charge in [-0.15, -0.1) is 0 Å². The van der Waals surface area contributed by atoms with Crippen LogP contribution in [0.2, 0.25) is 0 Å². The van der Waals surface area contributed by atoms with Gasteiger partial charge >= 0.3 is 0 Å². The monoisotopic (exact) mass is 519 g/mol. The highest BCUT2D eigenvalue weighted by Gasteiger charge is 2.27. The van der Waals surface area contributed by atoms with Crippen LogP contribution in [-0.4, -0.2) is 83.0 Å². The molecule has 4 rings (SSSR count). The first-order valence-electron chi connectivity index (χ1n) is 13.1. The molecule has 10 nitrogen and oxygen atoms in total. The van der Waals surface area contributed by atoms with Gasteiger partial charge in [-0.25, -0.2) is 9.97 Å². The molecule has 202 valence electrons. The lowest BCUT2D eigenvalue weighted by Crippen LogP contribution is -2.45. The first kappa shape index (κ1) is 27.0. The van der Waals surface area contributed by atoms with Gasteiger partial charge in [-0.3, -0.25) is 9.59 Å². The van der Waals surface area contributed by atoms with Crippen LogP contribution in [0.3, 0.4) is 0 Å². The fraction of sp³-hybridized carbons (Fsp3) is 0.429. The van der Waals surface area contributed by atoms with Crippen molar-refractivity contribution in [2.75, 3.05) is 50.0 Å². The van der Waals surface area contributed by atoms with E-state index >= 15 is 0 Å². The summed E-state index contributed by atoms with van der Waals surface area (Å²) in [6.07, 6.45) is 7.06. The average molecular weight is 520 g/mol. The van der Waals surface area contributed by atoms with Crippen LogP contribution >= 0.6 is 0 Å². The Hall–Kier alpha value is -4.08. The van der Waals surface area contributed by atoms with Crippen molar-refractivity contribution in [2.24, 2.45) is 0 Å². The molecule has 38 heavy (non-hydrogen) atoms. The van der Waals surface area contributed by atoms with Gasteiger partial charge in [-0.2, -0.15) is 0 Å². The number of carbonyl (C=O) groups excluding carboxylic acids is 2. The number of carbonyl (C=O) groups is 2. The normalized spacial score (nSPS) is 16.3. The highest BCUT2D eigenvalue weighted by molar-refractivity contribution is 5.93. The molecule has 1 saturated heterocycles. The number of aromatic hydroxyl groups is 1. The number of benzene rings is 1. The lowest BCUT2D eigenvalue weighted by molar-refractivity contribution is -0.120. The third kappa shape index (κ3) is 6.24. The van der Waals surface area contributed by atoms with E-state index in [1.807, 2.05) is 29.8 Å². The third-order valence-electron chi connectivity index (χ3n) is 7.40. The summed E-state index contributed by atoms with van der Waals surface area (Å²) in [7, 11) is 1.84. The molecule has 3 N–H and O–H groups in total. The summed E-state index contributed by atoms with van der Waals surface area (Å²) >= 11 is 0. The second-order valence-electron chi connectivity index (χ2n) is 9.75. The van der Waals surface area contributed by atoms with E-state index < -0.39 is 0 Å². The standard InChI is InChI=1S/C28H37N7O3/c1-4-30-24-10-14-34(17-20(24)2)28(38)26-16-27(32-18-31-26)33-12-8-22(9-13-33)35(19-36)11-7-21-15-23(37)5-6-25(21)29-3/h4-6,15-16,18-19,22,29-30,37H,1,7-14,17H2,2-3H3. The zero-order valence-corrected chi connectivity index (χ0v) is 22.2. The van der Waals surface area contributed by atoms with E-state index in [9.17, 15) is 14.7 Å². The van der Waals surface area contributed by atoms with Crippen LogP contribution in [0, 0.1) is 0 Å². The van der Waals surface area contributed by atoms with Crippen molar-refractivity contribution in [3.05, 3.63) is 65.9 Å². The Bertz CT molecular complexity index is 1190. The van der Waals surface area contributed by atoms with Gasteiger partial charge in [0.05, 0.1) is 0 Å². The average Bonchev–Trinajstić information content (AvgIpc) is 2.94. The number of phenolic OH excluding ortho intramolecular Hbond substituents is 1. The van der Waals surface area contributed by atoms with Gasteiger partial charge in [0.1, 0.15) is 23.6 Å². The maximum Gasteiger partial charge on any atom is 0.272 e. The van der Waals surface area contributed by atoms with Crippen molar-refractivity contribution in [1.29, 1.82) is 0 Å².